The first kappa shape index (κ1) is 16.7. The molecule has 1 heterocycles. The molecule has 0 saturated carbocycles. The molecular weight excluding hydrogens is 312 g/mol. The van der Waals surface area contributed by atoms with Crippen molar-refractivity contribution in [3.05, 3.63) is 28.8 Å². The predicted octanol–water partition coefficient (Wildman–Crippen LogP) is 1.99. The molecule has 118 valence electrons. The maximum atomic E-state index is 12.8. The van der Waals surface area contributed by atoms with Gasteiger partial charge in [0.15, 0.2) is 0 Å². The Labute approximate surface area is 131 Å². The maximum Gasteiger partial charge on any atom is 0.244 e. The minimum Gasteiger partial charge on any atom is -0.377 e. The van der Waals surface area contributed by atoms with Gasteiger partial charge in [0.05, 0.1) is 10.6 Å². The van der Waals surface area contributed by atoms with Crippen LogP contribution in [-0.4, -0.2) is 38.5 Å². The lowest BCUT2D eigenvalue weighted by Gasteiger charge is -2.38. The van der Waals surface area contributed by atoms with Gasteiger partial charge in [-0.05, 0) is 37.5 Å². The molecule has 5 nitrogen and oxygen atoms in total. The summed E-state index contributed by atoms with van der Waals surface area (Å²) < 4.78 is 32.6. The zero-order chi connectivity index (χ0) is 15.7. The van der Waals surface area contributed by atoms with Gasteiger partial charge < -0.3 is 10.5 Å². The first-order valence-electron chi connectivity index (χ1n) is 6.86. The quantitative estimate of drug-likeness (QED) is 0.915. The third-order valence-electron chi connectivity index (χ3n) is 3.97. The number of hydrogen-bond acceptors (Lipinski definition) is 4. The molecule has 1 aromatic rings. The minimum absolute atomic E-state index is 0.118. The predicted molar refractivity (Wildman–Crippen MR) is 82.8 cm³/mol. The molecule has 7 heteroatoms. The lowest BCUT2D eigenvalue weighted by molar-refractivity contribution is -0.0319. The van der Waals surface area contributed by atoms with Crippen molar-refractivity contribution in [3.63, 3.8) is 0 Å². The molecule has 0 aromatic heterocycles. The van der Waals surface area contributed by atoms with Crippen LogP contribution >= 0.6 is 11.6 Å². The van der Waals surface area contributed by atoms with Crippen LogP contribution in [0, 0.1) is 0 Å². The second-order valence-corrected chi connectivity index (χ2v) is 7.88. The summed E-state index contributed by atoms with van der Waals surface area (Å²) in [6.45, 7) is 3.00. The van der Waals surface area contributed by atoms with Gasteiger partial charge in [0.2, 0.25) is 10.0 Å². The van der Waals surface area contributed by atoms with Crippen molar-refractivity contribution in [2.24, 2.45) is 5.73 Å². The summed E-state index contributed by atoms with van der Waals surface area (Å²) in [4.78, 5) is 0.118. The number of nitrogens with two attached hydrogens (primary N) is 1. The van der Waals surface area contributed by atoms with E-state index in [1.54, 1.807) is 25.3 Å². The van der Waals surface area contributed by atoms with Gasteiger partial charge in [0.1, 0.15) is 4.90 Å². The Bertz CT molecular complexity index is 621. The second kappa shape index (κ2) is 6.22. The van der Waals surface area contributed by atoms with Gasteiger partial charge in [-0.25, -0.2) is 8.42 Å². The first-order valence-corrected chi connectivity index (χ1v) is 8.68. The molecule has 21 heavy (non-hydrogen) atoms. The Kier molecular flexibility index (Phi) is 4.95. The van der Waals surface area contributed by atoms with E-state index in [2.05, 4.69) is 0 Å². The molecule has 1 unspecified atom stereocenters. The number of ether oxygens (including phenoxy) is 1. The second-order valence-electron chi connectivity index (χ2n) is 5.57. The fourth-order valence-corrected chi connectivity index (χ4v) is 4.66. The van der Waals surface area contributed by atoms with E-state index in [1.807, 2.05) is 6.92 Å². The molecule has 2 N–H and O–H groups in total. The Morgan fingerprint density at radius 1 is 1.48 bits per heavy atom. The number of piperidine rings is 1. The van der Waals surface area contributed by atoms with Crippen molar-refractivity contribution in [1.82, 2.24) is 4.31 Å². The molecule has 0 spiro atoms. The minimum atomic E-state index is -3.64. The Morgan fingerprint density at radius 3 is 2.81 bits per heavy atom. The smallest absolute Gasteiger partial charge is 0.244 e. The largest absolute Gasteiger partial charge is 0.377 e. The van der Waals surface area contributed by atoms with Gasteiger partial charge in [-0.2, -0.15) is 4.31 Å². The van der Waals surface area contributed by atoms with E-state index in [4.69, 9.17) is 22.1 Å². The fraction of sp³-hybridized carbons (Fsp3) is 0.571. The van der Waals surface area contributed by atoms with Crippen LogP contribution in [0.1, 0.15) is 25.3 Å². The Morgan fingerprint density at radius 2 is 2.19 bits per heavy atom. The molecular formula is C14H21ClN2O3S. The zero-order valence-electron chi connectivity index (χ0n) is 12.3. The van der Waals surface area contributed by atoms with Gasteiger partial charge in [0.25, 0.3) is 0 Å². The van der Waals surface area contributed by atoms with Gasteiger partial charge >= 0.3 is 0 Å². The van der Waals surface area contributed by atoms with Crippen molar-refractivity contribution in [2.45, 2.75) is 36.8 Å². The summed E-state index contributed by atoms with van der Waals surface area (Å²) in [5.41, 5.74) is 5.87. The number of benzene rings is 1. The van der Waals surface area contributed by atoms with Gasteiger partial charge in [0, 0.05) is 26.7 Å². The van der Waals surface area contributed by atoms with E-state index in [0.717, 1.165) is 18.4 Å². The lowest BCUT2D eigenvalue weighted by atomic mass is 9.96. The number of sulfonamides is 1. The normalized spacial score (nSPS) is 24.2. The standard InChI is InChI=1S/C14H21ClN2O3S/c1-14(20-2)6-3-7-17(10-14)21(18,19)13-8-11(9-16)4-5-12(13)15/h4-5,8H,3,6-7,9-10,16H2,1-2H3. The van der Waals surface area contributed by atoms with E-state index < -0.39 is 15.6 Å². The van der Waals surface area contributed by atoms with E-state index >= 15 is 0 Å². The molecule has 0 amide bonds. The summed E-state index contributed by atoms with van der Waals surface area (Å²) in [5.74, 6) is 0. The Hall–Kier alpha value is -0.660. The highest BCUT2D eigenvalue weighted by atomic mass is 35.5. The molecule has 1 aliphatic heterocycles. The van der Waals surface area contributed by atoms with Gasteiger partial charge in [-0.1, -0.05) is 17.7 Å². The molecule has 1 saturated heterocycles. The van der Waals surface area contributed by atoms with Crippen LogP contribution in [0.3, 0.4) is 0 Å². The van der Waals surface area contributed by atoms with Crippen molar-refractivity contribution in [3.8, 4) is 0 Å². The number of nitrogens with zero attached hydrogens (tertiary/aromatic N) is 1. The van der Waals surface area contributed by atoms with Crippen LogP contribution in [0.5, 0.6) is 0 Å². The molecule has 0 bridgehead atoms. The molecule has 1 aliphatic rings. The van der Waals surface area contributed by atoms with Crippen LogP contribution in [0.25, 0.3) is 0 Å². The number of halogens is 1. The van der Waals surface area contributed by atoms with Crippen molar-refractivity contribution < 1.29 is 13.2 Å². The number of hydrogen-bond donors (Lipinski definition) is 1. The SMILES string of the molecule is COC1(C)CCCN(S(=O)(=O)c2cc(CN)ccc2Cl)C1. The third kappa shape index (κ3) is 3.40. The summed E-state index contributed by atoms with van der Waals surface area (Å²) in [7, 11) is -2.03. The van der Waals surface area contributed by atoms with E-state index in [9.17, 15) is 8.42 Å². The average Bonchev–Trinajstić information content (AvgIpc) is 2.47. The van der Waals surface area contributed by atoms with Crippen molar-refractivity contribution in [2.75, 3.05) is 20.2 Å². The van der Waals surface area contributed by atoms with Crippen LogP contribution in [0.15, 0.2) is 23.1 Å². The van der Waals surface area contributed by atoms with E-state index in [-0.39, 0.29) is 16.5 Å². The van der Waals surface area contributed by atoms with Crippen molar-refractivity contribution in [1.29, 1.82) is 0 Å². The average molecular weight is 333 g/mol. The van der Waals surface area contributed by atoms with E-state index in [1.165, 1.54) is 4.31 Å². The molecule has 0 radical (unpaired) electrons. The third-order valence-corrected chi connectivity index (χ3v) is 6.29. The molecule has 0 aliphatic carbocycles. The molecule has 2 rings (SSSR count). The molecule has 1 atom stereocenters. The summed E-state index contributed by atoms with van der Waals surface area (Å²) in [5, 5.41) is 0.219. The first-order chi connectivity index (χ1) is 9.82. The summed E-state index contributed by atoms with van der Waals surface area (Å²) in [6.07, 6.45) is 1.60. The fourth-order valence-electron chi connectivity index (χ4n) is 2.54. The molecule has 1 aromatic carbocycles. The summed E-state index contributed by atoms with van der Waals surface area (Å²) in [6, 6.07) is 4.86. The summed E-state index contributed by atoms with van der Waals surface area (Å²) >= 11 is 6.08. The highest BCUT2D eigenvalue weighted by Gasteiger charge is 2.37. The van der Waals surface area contributed by atoms with E-state index in [0.29, 0.717) is 13.1 Å². The van der Waals surface area contributed by atoms with Crippen molar-refractivity contribution >= 4 is 21.6 Å². The zero-order valence-corrected chi connectivity index (χ0v) is 13.9. The topological polar surface area (TPSA) is 72.6 Å². The highest BCUT2D eigenvalue weighted by Crippen LogP contribution is 2.31. The van der Waals surface area contributed by atoms with Gasteiger partial charge in [-0.15, -0.1) is 0 Å². The molecule has 1 fully saturated rings. The Balaban J connectivity index is 2.38. The number of methoxy groups -OCH3 is 1. The van der Waals surface area contributed by atoms with Crippen LogP contribution in [0.2, 0.25) is 5.02 Å². The highest BCUT2D eigenvalue weighted by molar-refractivity contribution is 7.89. The van der Waals surface area contributed by atoms with Gasteiger partial charge in [-0.3, -0.25) is 0 Å². The number of rotatable bonds is 4. The van der Waals surface area contributed by atoms with Crippen LogP contribution in [-0.2, 0) is 21.3 Å². The van der Waals surface area contributed by atoms with Crippen LogP contribution in [0.4, 0.5) is 0 Å². The van der Waals surface area contributed by atoms with Crippen LogP contribution < -0.4 is 5.73 Å². The maximum absolute atomic E-state index is 12.8. The monoisotopic (exact) mass is 332 g/mol. The lowest BCUT2D eigenvalue weighted by Crippen LogP contribution is -2.49.